The van der Waals surface area contributed by atoms with E-state index in [0.29, 0.717) is 5.82 Å². The Kier molecular flexibility index (Phi) is 7.26. The maximum absolute atomic E-state index is 5.78. The van der Waals surface area contributed by atoms with Crippen LogP contribution in [0.1, 0.15) is 22.3 Å². The van der Waals surface area contributed by atoms with Crippen LogP contribution in [-0.2, 0) is 5.41 Å². The Morgan fingerprint density at radius 1 is 0.295 bits per heavy atom. The Hall–Kier alpha value is -7.94. The molecule has 0 atom stereocenters. The molecule has 0 unspecified atom stereocenters. The van der Waals surface area contributed by atoms with E-state index in [1.807, 2.05) is 0 Å². The zero-order chi connectivity index (χ0) is 40.1. The van der Waals surface area contributed by atoms with Crippen LogP contribution in [0.25, 0.3) is 99.6 Å². The highest BCUT2D eigenvalue weighted by atomic mass is 14.9. The van der Waals surface area contributed by atoms with E-state index in [1.54, 1.807) is 0 Å². The van der Waals surface area contributed by atoms with Gasteiger partial charge in [0.15, 0.2) is 5.82 Å². The van der Waals surface area contributed by atoms with Gasteiger partial charge in [-0.2, -0.15) is 0 Å². The quantitative estimate of drug-likeness (QED) is 0.132. The first-order chi connectivity index (χ1) is 30.3. The second kappa shape index (κ2) is 13.0. The minimum atomic E-state index is -0.534. The standard InChI is InChI=1S/C59H36N2/c1-2-17-37(18-3-1)40-21-8-9-27-46(40)54-36-55(61-58(60-54)56-42-23-7-5-20-39(42)35-50-41-22-6-4-19-38(41)33-34-47(50)56)49-29-16-28-48-45-26-12-15-32-53(45)59(57(48)49)51-30-13-10-24-43(51)44-25-11-14-31-52(44)59/h1-36H. The Morgan fingerprint density at radius 3 is 1.51 bits per heavy atom. The lowest BCUT2D eigenvalue weighted by Gasteiger charge is -2.32. The van der Waals surface area contributed by atoms with Crippen molar-refractivity contribution in [1.82, 2.24) is 9.97 Å². The Morgan fingerprint density at radius 2 is 0.803 bits per heavy atom. The minimum absolute atomic E-state index is 0.534. The second-order valence-electron chi connectivity index (χ2n) is 16.3. The van der Waals surface area contributed by atoms with Gasteiger partial charge in [-0.3, -0.25) is 0 Å². The topological polar surface area (TPSA) is 25.8 Å². The van der Waals surface area contributed by atoms with Crippen LogP contribution in [0.3, 0.4) is 0 Å². The fraction of sp³-hybridized carbons (Fsp3) is 0.0169. The normalized spacial score (nSPS) is 13.0. The number of aromatic nitrogens is 2. The van der Waals surface area contributed by atoms with E-state index in [-0.39, 0.29) is 0 Å². The monoisotopic (exact) mass is 772 g/mol. The third kappa shape index (κ3) is 4.79. The molecule has 0 aliphatic heterocycles. The van der Waals surface area contributed by atoms with Crippen molar-refractivity contribution in [3.05, 3.63) is 241 Å². The van der Waals surface area contributed by atoms with Crippen molar-refractivity contribution in [3.63, 3.8) is 0 Å². The molecule has 11 aromatic rings. The second-order valence-corrected chi connectivity index (χ2v) is 16.3. The molecule has 282 valence electrons. The lowest BCUT2D eigenvalue weighted by Crippen LogP contribution is -2.26. The lowest BCUT2D eigenvalue weighted by molar-refractivity contribution is 0.795. The average Bonchev–Trinajstić information content (AvgIpc) is 3.81. The van der Waals surface area contributed by atoms with Crippen LogP contribution in [0.2, 0.25) is 0 Å². The van der Waals surface area contributed by atoms with E-state index >= 15 is 0 Å². The summed E-state index contributed by atoms with van der Waals surface area (Å²) in [5, 5.41) is 7.06. The third-order valence-corrected chi connectivity index (χ3v) is 13.3. The number of fused-ring (bicyclic) bond motifs is 14. The van der Waals surface area contributed by atoms with Crippen LogP contribution in [0.4, 0.5) is 0 Å². The van der Waals surface area contributed by atoms with Crippen molar-refractivity contribution >= 4 is 32.3 Å². The van der Waals surface area contributed by atoms with Gasteiger partial charge in [-0.15, -0.1) is 0 Å². The highest BCUT2D eigenvalue weighted by molar-refractivity contribution is 6.19. The van der Waals surface area contributed by atoms with Gasteiger partial charge < -0.3 is 0 Å². The molecule has 2 heteroatoms. The lowest BCUT2D eigenvalue weighted by atomic mass is 9.69. The molecule has 61 heavy (non-hydrogen) atoms. The van der Waals surface area contributed by atoms with Crippen molar-refractivity contribution in [2.24, 2.45) is 0 Å². The highest BCUT2D eigenvalue weighted by Crippen LogP contribution is 2.64. The predicted octanol–water partition coefficient (Wildman–Crippen LogP) is 14.9. The summed E-state index contributed by atoms with van der Waals surface area (Å²) >= 11 is 0. The number of rotatable bonds is 4. The summed E-state index contributed by atoms with van der Waals surface area (Å²) in [6, 6.07) is 79.7. The molecule has 0 fully saturated rings. The average molecular weight is 773 g/mol. The molecule has 1 aromatic heterocycles. The highest BCUT2D eigenvalue weighted by Gasteiger charge is 2.52. The Balaban J connectivity index is 1.17. The van der Waals surface area contributed by atoms with Gasteiger partial charge in [-0.05, 0) is 100 Å². The van der Waals surface area contributed by atoms with Crippen molar-refractivity contribution in [1.29, 1.82) is 0 Å². The van der Waals surface area contributed by atoms with E-state index in [2.05, 4.69) is 218 Å². The van der Waals surface area contributed by atoms with Crippen molar-refractivity contribution in [2.45, 2.75) is 5.41 Å². The van der Waals surface area contributed by atoms with E-state index in [4.69, 9.17) is 9.97 Å². The molecule has 13 rings (SSSR count). The summed E-state index contributed by atoms with van der Waals surface area (Å²) in [6.07, 6.45) is 0. The predicted molar refractivity (Wildman–Crippen MR) is 253 cm³/mol. The zero-order valence-corrected chi connectivity index (χ0v) is 33.2. The van der Waals surface area contributed by atoms with Crippen LogP contribution in [-0.4, -0.2) is 9.97 Å². The molecule has 1 spiro atoms. The summed E-state index contributed by atoms with van der Waals surface area (Å²) in [4.78, 5) is 11.4. The summed E-state index contributed by atoms with van der Waals surface area (Å²) in [6.45, 7) is 0. The summed E-state index contributed by atoms with van der Waals surface area (Å²) in [5.41, 5.74) is 17.0. The Labute approximate surface area is 354 Å². The van der Waals surface area contributed by atoms with Crippen molar-refractivity contribution < 1.29 is 0 Å². The van der Waals surface area contributed by atoms with E-state index in [0.717, 1.165) is 55.4 Å². The van der Waals surface area contributed by atoms with E-state index in [9.17, 15) is 0 Å². The fourth-order valence-corrected chi connectivity index (χ4v) is 10.8. The third-order valence-electron chi connectivity index (χ3n) is 13.3. The summed E-state index contributed by atoms with van der Waals surface area (Å²) in [7, 11) is 0. The molecule has 2 aliphatic rings. The van der Waals surface area contributed by atoms with Gasteiger partial charge in [0.25, 0.3) is 0 Å². The number of nitrogens with zero attached hydrogens (tertiary/aromatic N) is 2. The van der Waals surface area contributed by atoms with Crippen molar-refractivity contribution in [2.75, 3.05) is 0 Å². The molecule has 0 bridgehead atoms. The van der Waals surface area contributed by atoms with E-state index < -0.39 is 5.41 Å². The fourth-order valence-electron chi connectivity index (χ4n) is 10.8. The van der Waals surface area contributed by atoms with Gasteiger partial charge in [0.1, 0.15) is 0 Å². The minimum Gasteiger partial charge on any atom is -0.228 e. The zero-order valence-electron chi connectivity index (χ0n) is 33.2. The van der Waals surface area contributed by atoms with Gasteiger partial charge in [0.2, 0.25) is 0 Å². The molecule has 0 saturated carbocycles. The first-order valence-electron chi connectivity index (χ1n) is 21.1. The summed E-state index contributed by atoms with van der Waals surface area (Å²) in [5.74, 6) is 0.710. The number of hydrogen-bond donors (Lipinski definition) is 0. The summed E-state index contributed by atoms with van der Waals surface area (Å²) < 4.78 is 0. The molecule has 2 nitrogen and oxygen atoms in total. The molecule has 0 amide bonds. The maximum atomic E-state index is 5.78. The number of benzene rings is 10. The molecule has 2 aliphatic carbocycles. The first kappa shape index (κ1) is 34.0. The van der Waals surface area contributed by atoms with Gasteiger partial charge in [-0.25, -0.2) is 9.97 Å². The van der Waals surface area contributed by atoms with E-state index in [1.165, 1.54) is 60.7 Å². The molecule has 0 radical (unpaired) electrons. The molecule has 10 aromatic carbocycles. The molecular weight excluding hydrogens is 737 g/mol. The molecule has 1 heterocycles. The number of hydrogen-bond acceptors (Lipinski definition) is 2. The molecular formula is C59H36N2. The largest absolute Gasteiger partial charge is 0.228 e. The first-order valence-corrected chi connectivity index (χ1v) is 21.1. The van der Waals surface area contributed by atoms with Gasteiger partial charge in [0, 0.05) is 16.7 Å². The van der Waals surface area contributed by atoms with Crippen LogP contribution in [0.15, 0.2) is 218 Å². The van der Waals surface area contributed by atoms with Crippen LogP contribution < -0.4 is 0 Å². The van der Waals surface area contributed by atoms with Crippen LogP contribution in [0, 0.1) is 0 Å². The van der Waals surface area contributed by atoms with Gasteiger partial charge in [0.05, 0.1) is 16.8 Å². The molecule has 0 N–H and O–H groups in total. The van der Waals surface area contributed by atoms with Crippen LogP contribution in [0.5, 0.6) is 0 Å². The smallest absolute Gasteiger partial charge is 0.161 e. The van der Waals surface area contributed by atoms with Crippen molar-refractivity contribution in [3.8, 4) is 67.3 Å². The molecule has 0 saturated heterocycles. The van der Waals surface area contributed by atoms with Gasteiger partial charge >= 0.3 is 0 Å². The van der Waals surface area contributed by atoms with Gasteiger partial charge in [-0.1, -0.05) is 206 Å². The van der Waals surface area contributed by atoms with Crippen LogP contribution >= 0.6 is 0 Å². The SMILES string of the molecule is c1ccc(-c2ccccc2-c2cc(-c3cccc4c3C3(c5ccccc5-c5ccccc53)c3ccccc3-4)nc(-c3c4ccccc4cc4c3ccc3ccccc34)n2)cc1. The Bertz CT molecular complexity index is 3540. The maximum Gasteiger partial charge on any atom is 0.161 e.